The number of benzene rings is 7. The van der Waals surface area contributed by atoms with E-state index in [0.29, 0.717) is 0 Å². The van der Waals surface area contributed by atoms with Gasteiger partial charge in [-0.2, -0.15) is 0 Å². The van der Waals surface area contributed by atoms with Crippen LogP contribution in [0.1, 0.15) is 50.4 Å². The minimum atomic E-state index is -0.659. The van der Waals surface area contributed by atoms with E-state index in [9.17, 15) is 0 Å². The number of hydrogen-bond donors (Lipinski definition) is 0. The monoisotopic (exact) mass is 866 g/mol. The maximum Gasteiger partial charge on any atom is 0.137 e. The first kappa shape index (κ1) is 37.6. The van der Waals surface area contributed by atoms with Crippen molar-refractivity contribution in [1.29, 1.82) is 0 Å². The summed E-state index contributed by atoms with van der Waals surface area (Å²) in [6.07, 6.45) is 13.8. The number of fused-ring (bicyclic) bond motifs is 18. The Labute approximate surface area is 394 Å². The maximum absolute atomic E-state index is 5.35. The maximum atomic E-state index is 5.35. The van der Waals surface area contributed by atoms with Crippen LogP contribution >= 0.6 is 0 Å². The molecule has 0 N–H and O–H groups in total. The van der Waals surface area contributed by atoms with Crippen LogP contribution in [0.3, 0.4) is 0 Å². The van der Waals surface area contributed by atoms with E-state index in [1.807, 2.05) is 0 Å². The third-order valence-electron chi connectivity index (χ3n) is 15.7. The largest absolute Gasteiger partial charge is 0.299 e. The number of nitrogens with zero attached hydrogens (tertiary/aromatic N) is 4. The van der Waals surface area contributed by atoms with Crippen LogP contribution in [-0.2, 0) is 10.8 Å². The van der Waals surface area contributed by atoms with Gasteiger partial charge in [0.05, 0.1) is 33.6 Å². The molecule has 0 radical (unpaired) electrons. The quantitative estimate of drug-likeness (QED) is 0.177. The Hall–Kier alpha value is -8.60. The van der Waals surface area contributed by atoms with Crippen LogP contribution in [0.4, 0.5) is 0 Å². The molecule has 0 amide bonds. The summed E-state index contributed by atoms with van der Waals surface area (Å²) in [6.45, 7) is 0. The average Bonchev–Trinajstić information content (AvgIpc) is 4.16. The van der Waals surface area contributed by atoms with Gasteiger partial charge in [-0.05, 0) is 92.0 Å². The predicted molar refractivity (Wildman–Crippen MR) is 274 cm³/mol. The number of allylic oxidation sites excluding steroid dienone is 4. The van der Waals surface area contributed by atoms with Crippen molar-refractivity contribution in [2.24, 2.45) is 5.92 Å². The number of pyridine rings is 2. The molecule has 3 atom stereocenters. The first-order valence-corrected chi connectivity index (χ1v) is 23.7. The number of hydrogen-bond acceptors (Lipinski definition) is 2. The van der Waals surface area contributed by atoms with Crippen LogP contribution in [0, 0.1) is 5.92 Å². The smallest absolute Gasteiger partial charge is 0.137 e. The molecule has 0 saturated heterocycles. The zero-order valence-corrected chi connectivity index (χ0v) is 37.0. The Morgan fingerprint density at radius 1 is 0.368 bits per heavy atom. The topological polar surface area (TPSA) is 34.6 Å². The SMILES string of the molecule is C1=CC2c3ccccc3C3(c4ccc(-c5c(-c6ccccc6)nc6ccccn56)cc4C4(c5ccccc5-c5ccccc54)c4ccc(-c5c(-c6ccccc6)nc6ccccn56)cc43)C2C=C1. The molecule has 4 aromatic heterocycles. The summed E-state index contributed by atoms with van der Waals surface area (Å²) in [5.41, 5.74) is 22.5. The van der Waals surface area contributed by atoms with E-state index in [-0.39, 0.29) is 11.8 Å². The van der Waals surface area contributed by atoms with Gasteiger partial charge in [0.2, 0.25) is 0 Å². The van der Waals surface area contributed by atoms with Gasteiger partial charge in [-0.25, -0.2) is 9.97 Å². The van der Waals surface area contributed by atoms with Gasteiger partial charge in [-0.15, -0.1) is 0 Å². The normalized spacial score (nSPS) is 18.6. The predicted octanol–water partition coefficient (Wildman–Crippen LogP) is 14.5. The van der Waals surface area contributed by atoms with Crippen molar-refractivity contribution in [2.45, 2.75) is 16.7 Å². The van der Waals surface area contributed by atoms with Gasteiger partial charge in [0, 0.05) is 46.5 Å². The van der Waals surface area contributed by atoms with E-state index in [2.05, 4.69) is 252 Å². The molecule has 318 valence electrons. The summed E-state index contributed by atoms with van der Waals surface area (Å²) in [5, 5.41) is 0. The molecular formula is C64H42N4. The van der Waals surface area contributed by atoms with Gasteiger partial charge in [0.1, 0.15) is 11.3 Å². The van der Waals surface area contributed by atoms with E-state index in [0.717, 1.165) is 56.3 Å². The molecule has 2 spiro atoms. The fourth-order valence-electron chi connectivity index (χ4n) is 13.2. The molecule has 0 bridgehead atoms. The highest BCUT2D eigenvalue weighted by atomic mass is 15.0. The molecule has 4 nitrogen and oxygen atoms in total. The molecule has 0 fully saturated rings. The highest BCUT2D eigenvalue weighted by molar-refractivity contribution is 5.93. The number of rotatable bonds is 4. The molecule has 0 aliphatic heterocycles. The third kappa shape index (κ3) is 4.78. The summed E-state index contributed by atoms with van der Waals surface area (Å²) in [5.74, 6) is 0.302. The zero-order valence-electron chi connectivity index (χ0n) is 37.0. The minimum Gasteiger partial charge on any atom is -0.299 e. The van der Waals surface area contributed by atoms with Crippen molar-refractivity contribution in [3.05, 3.63) is 287 Å². The Morgan fingerprint density at radius 2 is 0.868 bits per heavy atom. The van der Waals surface area contributed by atoms with Gasteiger partial charge in [-0.1, -0.05) is 194 Å². The first-order chi connectivity index (χ1) is 33.7. The molecule has 4 heterocycles. The fraction of sp³-hybridized carbons (Fsp3) is 0.0625. The highest BCUT2D eigenvalue weighted by Crippen LogP contribution is 2.69. The second-order valence-corrected chi connectivity index (χ2v) is 18.8. The Kier molecular flexibility index (Phi) is 7.72. The third-order valence-corrected chi connectivity index (χ3v) is 15.7. The Morgan fingerprint density at radius 3 is 1.49 bits per heavy atom. The molecule has 4 heteroatoms. The lowest BCUT2D eigenvalue weighted by Gasteiger charge is -2.51. The summed E-state index contributed by atoms with van der Waals surface area (Å²) in [6, 6.07) is 76.6. The van der Waals surface area contributed by atoms with E-state index in [4.69, 9.17) is 9.97 Å². The lowest BCUT2D eigenvalue weighted by atomic mass is 9.50. The molecule has 7 aromatic carbocycles. The van der Waals surface area contributed by atoms with Crippen molar-refractivity contribution in [3.8, 4) is 56.2 Å². The Balaban J connectivity index is 1.12. The summed E-state index contributed by atoms with van der Waals surface area (Å²) < 4.78 is 4.56. The summed E-state index contributed by atoms with van der Waals surface area (Å²) >= 11 is 0. The van der Waals surface area contributed by atoms with Crippen molar-refractivity contribution < 1.29 is 0 Å². The van der Waals surface area contributed by atoms with Gasteiger partial charge in [0.15, 0.2) is 0 Å². The molecule has 4 aliphatic carbocycles. The van der Waals surface area contributed by atoms with E-state index >= 15 is 0 Å². The summed E-state index contributed by atoms with van der Waals surface area (Å²) in [4.78, 5) is 10.7. The first-order valence-electron chi connectivity index (χ1n) is 23.7. The molecule has 3 unspecified atom stereocenters. The van der Waals surface area contributed by atoms with Crippen molar-refractivity contribution in [1.82, 2.24) is 18.8 Å². The number of imidazole rings is 2. The van der Waals surface area contributed by atoms with Gasteiger partial charge in [-0.3, -0.25) is 8.80 Å². The van der Waals surface area contributed by atoms with Crippen LogP contribution in [0.15, 0.2) is 243 Å². The standard InChI is InChI=1S/C64H42N4/c1-3-19-41(20-4-1)59-61(67-37-17-15-31-57(67)65-59)43-33-35-53-55(39-43)63(49-27-11-7-23-45(49)46-24-8-12-28-50(46)63)54-36-34-44(62-60(42-21-5-2-6-22-42)66-58-32-16-18-38-68(58)62)40-56(54)64(53)51-29-13-9-25-47(51)48-26-10-14-30-52(48)64/h1-40,45,49H. The van der Waals surface area contributed by atoms with Gasteiger partial charge >= 0.3 is 0 Å². The van der Waals surface area contributed by atoms with E-state index < -0.39 is 10.8 Å². The van der Waals surface area contributed by atoms with Crippen molar-refractivity contribution >= 4 is 11.3 Å². The van der Waals surface area contributed by atoms with Gasteiger partial charge < -0.3 is 0 Å². The van der Waals surface area contributed by atoms with Crippen molar-refractivity contribution in [2.75, 3.05) is 0 Å². The van der Waals surface area contributed by atoms with Crippen LogP contribution in [0.5, 0.6) is 0 Å². The minimum absolute atomic E-state index is 0.110. The lowest BCUT2D eigenvalue weighted by Crippen LogP contribution is -2.46. The van der Waals surface area contributed by atoms with Crippen molar-refractivity contribution in [3.63, 3.8) is 0 Å². The lowest BCUT2D eigenvalue weighted by molar-refractivity contribution is 0.432. The van der Waals surface area contributed by atoms with Gasteiger partial charge in [0.25, 0.3) is 0 Å². The molecule has 4 aliphatic rings. The number of aromatic nitrogens is 4. The molecule has 0 saturated carbocycles. The van der Waals surface area contributed by atoms with E-state index in [1.54, 1.807) is 0 Å². The van der Waals surface area contributed by atoms with Crippen LogP contribution in [0.25, 0.3) is 67.5 Å². The zero-order chi connectivity index (χ0) is 44.6. The second-order valence-electron chi connectivity index (χ2n) is 18.8. The van der Waals surface area contributed by atoms with Crippen LogP contribution < -0.4 is 0 Å². The molecule has 68 heavy (non-hydrogen) atoms. The summed E-state index contributed by atoms with van der Waals surface area (Å²) in [7, 11) is 0. The molecule has 15 rings (SSSR count). The second kappa shape index (κ2) is 14.0. The highest BCUT2D eigenvalue weighted by Gasteiger charge is 2.62. The molecule has 11 aromatic rings. The molecular weight excluding hydrogens is 825 g/mol. The van der Waals surface area contributed by atoms with Crippen LogP contribution in [-0.4, -0.2) is 18.8 Å². The van der Waals surface area contributed by atoms with E-state index in [1.165, 1.54) is 55.6 Å². The fourth-order valence-corrected chi connectivity index (χ4v) is 13.2. The van der Waals surface area contributed by atoms with Crippen LogP contribution in [0.2, 0.25) is 0 Å². The Bertz CT molecular complexity index is 3900. The average molecular weight is 867 g/mol.